The quantitative estimate of drug-likeness (QED) is 0.490. The lowest BCUT2D eigenvalue weighted by atomic mass is 9.67. The molecule has 0 amide bonds. The van der Waals surface area contributed by atoms with Crippen LogP contribution in [0.2, 0.25) is 0 Å². The van der Waals surface area contributed by atoms with Gasteiger partial charge in [0.25, 0.3) is 0 Å². The van der Waals surface area contributed by atoms with E-state index in [-0.39, 0.29) is 17.2 Å². The first kappa shape index (κ1) is 22.9. The van der Waals surface area contributed by atoms with Gasteiger partial charge in [-0.2, -0.15) is 0 Å². The third kappa shape index (κ3) is 4.78. The molecule has 0 fully saturated rings. The van der Waals surface area contributed by atoms with Crippen molar-refractivity contribution in [2.45, 2.75) is 59.3 Å². The maximum atomic E-state index is 13.2. The predicted octanol–water partition coefficient (Wildman–Crippen LogP) is 4.63. The highest BCUT2D eigenvalue weighted by Crippen LogP contribution is 2.47. The van der Waals surface area contributed by atoms with Crippen molar-refractivity contribution in [3.8, 4) is 0 Å². The molecule has 0 saturated heterocycles. The fourth-order valence-corrected chi connectivity index (χ4v) is 4.46. The van der Waals surface area contributed by atoms with Crippen molar-refractivity contribution in [3.05, 3.63) is 46.7 Å². The number of allylic oxidation sites excluding steroid dienone is 2. The SMILES string of the molecule is CCCCOC(=O)C1C(C)=NC2=C(C(=O)CC(C)(C)C2)[C@@H]1c1ccc(C(=O)OC)cc1. The Balaban J connectivity index is 2.06. The smallest absolute Gasteiger partial charge is 0.337 e. The fourth-order valence-electron chi connectivity index (χ4n) is 4.46. The molecule has 0 radical (unpaired) electrons. The number of nitrogens with zero attached hydrogens (tertiary/aromatic N) is 1. The van der Waals surface area contributed by atoms with E-state index in [1.165, 1.54) is 7.11 Å². The fraction of sp³-hybridized carbons (Fsp3) is 0.520. The van der Waals surface area contributed by atoms with Crippen LogP contribution in [0.5, 0.6) is 0 Å². The van der Waals surface area contributed by atoms with Crippen molar-refractivity contribution >= 4 is 23.4 Å². The van der Waals surface area contributed by atoms with Crippen LogP contribution in [0.15, 0.2) is 40.5 Å². The van der Waals surface area contributed by atoms with Gasteiger partial charge in [-0.3, -0.25) is 14.6 Å². The second-order valence-corrected chi connectivity index (χ2v) is 9.14. The number of carbonyl (C=O) groups excluding carboxylic acids is 3. The lowest BCUT2D eigenvalue weighted by Gasteiger charge is -2.39. The van der Waals surface area contributed by atoms with Gasteiger partial charge >= 0.3 is 11.9 Å². The van der Waals surface area contributed by atoms with E-state index >= 15 is 0 Å². The number of Topliss-reactive ketones (excluding diaryl/α,β-unsaturated/α-hetero) is 1. The molecule has 166 valence electrons. The Morgan fingerprint density at radius 2 is 1.84 bits per heavy atom. The van der Waals surface area contributed by atoms with Crippen molar-refractivity contribution in [1.82, 2.24) is 0 Å². The molecule has 2 atom stereocenters. The Bertz CT molecular complexity index is 939. The number of hydrogen-bond acceptors (Lipinski definition) is 6. The highest BCUT2D eigenvalue weighted by atomic mass is 16.5. The summed E-state index contributed by atoms with van der Waals surface area (Å²) in [4.78, 5) is 42.9. The van der Waals surface area contributed by atoms with Crippen molar-refractivity contribution in [1.29, 1.82) is 0 Å². The van der Waals surface area contributed by atoms with E-state index in [4.69, 9.17) is 14.5 Å². The molecule has 6 nitrogen and oxygen atoms in total. The Morgan fingerprint density at radius 3 is 2.45 bits per heavy atom. The summed E-state index contributed by atoms with van der Waals surface area (Å²) in [5.74, 6) is -1.91. The molecular formula is C25H31NO5. The van der Waals surface area contributed by atoms with E-state index in [1.54, 1.807) is 24.3 Å². The topological polar surface area (TPSA) is 82.0 Å². The molecule has 1 aromatic carbocycles. The molecular weight excluding hydrogens is 394 g/mol. The highest BCUT2D eigenvalue weighted by Gasteiger charge is 2.46. The molecule has 0 bridgehead atoms. The van der Waals surface area contributed by atoms with E-state index in [2.05, 4.69) is 13.8 Å². The molecule has 1 unspecified atom stereocenters. The van der Waals surface area contributed by atoms with Crippen molar-refractivity contribution in [2.75, 3.05) is 13.7 Å². The number of aliphatic imine (C=N–C) groups is 1. The third-order valence-corrected chi connectivity index (χ3v) is 5.99. The number of benzene rings is 1. The average molecular weight is 426 g/mol. The maximum absolute atomic E-state index is 13.2. The summed E-state index contributed by atoms with van der Waals surface area (Å²) >= 11 is 0. The summed E-state index contributed by atoms with van der Waals surface area (Å²) in [6.45, 7) is 8.33. The van der Waals surface area contributed by atoms with Gasteiger partial charge in [0.1, 0.15) is 5.92 Å². The summed E-state index contributed by atoms with van der Waals surface area (Å²) in [5, 5.41) is 0. The number of hydrogen-bond donors (Lipinski definition) is 0. The molecule has 0 saturated carbocycles. The number of unbranched alkanes of at least 4 members (excludes halogenated alkanes) is 1. The van der Waals surface area contributed by atoms with Crippen LogP contribution in [0, 0.1) is 11.3 Å². The highest BCUT2D eigenvalue weighted by molar-refractivity contribution is 6.09. The van der Waals surface area contributed by atoms with Gasteiger partial charge in [0, 0.05) is 29.3 Å². The Hall–Kier alpha value is -2.76. The summed E-state index contributed by atoms with van der Waals surface area (Å²) in [6, 6.07) is 6.91. The van der Waals surface area contributed by atoms with Gasteiger partial charge in [0.05, 0.1) is 19.3 Å². The van der Waals surface area contributed by atoms with Crippen molar-refractivity contribution < 1.29 is 23.9 Å². The Labute approximate surface area is 183 Å². The zero-order valence-electron chi connectivity index (χ0n) is 19.0. The monoisotopic (exact) mass is 425 g/mol. The van der Waals surface area contributed by atoms with Gasteiger partial charge in [-0.1, -0.05) is 39.3 Å². The molecule has 1 heterocycles. The average Bonchev–Trinajstić information content (AvgIpc) is 2.71. The van der Waals surface area contributed by atoms with Crippen LogP contribution in [0.25, 0.3) is 0 Å². The molecule has 31 heavy (non-hydrogen) atoms. The second kappa shape index (κ2) is 9.16. The second-order valence-electron chi connectivity index (χ2n) is 9.14. The minimum Gasteiger partial charge on any atom is -0.465 e. The van der Waals surface area contributed by atoms with Crippen LogP contribution < -0.4 is 0 Å². The number of ketones is 1. The summed E-state index contributed by atoms with van der Waals surface area (Å²) < 4.78 is 10.3. The van der Waals surface area contributed by atoms with E-state index in [0.717, 1.165) is 24.1 Å². The van der Waals surface area contributed by atoms with E-state index in [1.807, 2.05) is 13.8 Å². The van der Waals surface area contributed by atoms with Gasteiger partial charge in [-0.15, -0.1) is 0 Å². The van der Waals surface area contributed by atoms with E-state index in [0.29, 0.717) is 36.3 Å². The first-order valence-electron chi connectivity index (χ1n) is 10.8. The molecule has 2 aliphatic rings. The van der Waals surface area contributed by atoms with Gasteiger partial charge in [0.2, 0.25) is 0 Å². The number of rotatable bonds is 6. The summed E-state index contributed by atoms with van der Waals surface area (Å²) in [6.07, 6.45) is 2.80. The molecule has 1 aromatic rings. The van der Waals surface area contributed by atoms with Gasteiger partial charge < -0.3 is 9.47 Å². The minimum absolute atomic E-state index is 0.0240. The zero-order chi connectivity index (χ0) is 22.8. The molecule has 0 N–H and O–H groups in total. The standard InChI is InChI=1S/C25H31NO5/c1-6-7-12-31-24(29)20-15(2)26-18-13-25(3,4)14-19(27)22(18)21(20)16-8-10-17(11-9-16)23(28)30-5/h8-11,20-21H,6-7,12-14H2,1-5H3/t20?,21-/m1/s1. The first-order valence-corrected chi connectivity index (χ1v) is 10.8. The molecule has 6 heteroatoms. The Kier molecular flexibility index (Phi) is 6.77. The van der Waals surface area contributed by atoms with Crippen LogP contribution in [0.4, 0.5) is 0 Å². The summed E-state index contributed by atoms with van der Waals surface area (Å²) in [7, 11) is 1.33. The number of methoxy groups -OCH3 is 1. The van der Waals surface area contributed by atoms with Crippen LogP contribution in [0.1, 0.15) is 75.2 Å². The number of ether oxygens (including phenoxy) is 2. The molecule has 0 aromatic heterocycles. The van der Waals surface area contributed by atoms with Gasteiger partial charge in [0.15, 0.2) is 5.78 Å². The van der Waals surface area contributed by atoms with Crippen LogP contribution in [0.3, 0.4) is 0 Å². The molecule has 1 aliphatic carbocycles. The van der Waals surface area contributed by atoms with E-state index in [9.17, 15) is 14.4 Å². The van der Waals surface area contributed by atoms with Gasteiger partial charge in [-0.25, -0.2) is 4.79 Å². The maximum Gasteiger partial charge on any atom is 0.337 e. The lowest BCUT2D eigenvalue weighted by molar-refractivity contribution is -0.146. The zero-order valence-corrected chi connectivity index (χ0v) is 19.0. The van der Waals surface area contributed by atoms with E-state index < -0.39 is 17.8 Å². The summed E-state index contributed by atoms with van der Waals surface area (Å²) in [5.41, 5.74) is 3.06. The lowest BCUT2D eigenvalue weighted by Crippen LogP contribution is -2.39. The normalized spacial score (nSPS) is 22.5. The molecule has 1 aliphatic heterocycles. The molecule has 0 spiro atoms. The number of carbonyl (C=O) groups is 3. The number of esters is 2. The third-order valence-electron chi connectivity index (χ3n) is 5.99. The Morgan fingerprint density at radius 1 is 1.16 bits per heavy atom. The van der Waals surface area contributed by atoms with Crippen molar-refractivity contribution in [3.63, 3.8) is 0 Å². The van der Waals surface area contributed by atoms with Crippen LogP contribution in [-0.2, 0) is 19.1 Å². The van der Waals surface area contributed by atoms with Crippen LogP contribution >= 0.6 is 0 Å². The first-order chi connectivity index (χ1) is 14.7. The predicted molar refractivity (Wildman–Crippen MR) is 118 cm³/mol. The minimum atomic E-state index is -0.662. The largest absolute Gasteiger partial charge is 0.465 e. The van der Waals surface area contributed by atoms with Gasteiger partial charge in [-0.05, 0) is 42.9 Å². The molecule has 3 rings (SSSR count). The van der Waals surface area contributed by atoms with Crippen LogP contribution in [-0.4, -0.2) is 37.2 Å². The van der Waals surface area contributed by atoms with Crippen molar-refractivity contribution in [2.24, 2.45) is 16.3 Å².